The Hall–Kier alpha value is -2.97. The molecule has 1 aromatic carbocycles. The Morgan fingerprint density at radius 1 is 1.16 bits per heavy atom. The normalized spacial score (nSPS) is 19.8. The molecule has 0 bridgehead atoms. The third-order valence-electron chi connectivity index (χ3n) is 6.06. The average molecular weight is 465 g/mol. The monoisotopic (exact) mass is 464 g/mol. The maximum atomic E-state index is 12.6. The predicted molar refractivity (Wildman–Crippen MR) is 125 cm³/mol. The number of nitrogens with zero attached hydrogens (tertiary/aromatic N) is 4. The lowest BCUT2D eigenvalue weighted by atomic mass is 10.1. The lowest BCUT2D eigenvalue weighted by Crippen LogP contribution is -2.15. The van der Waals surface area contributed by atoms with Crippen LogP contribution in [0.15, 0.2) is 48.8 Å². The molecule has 2 saturated carbocycles. The van der Waals surface area contributed by atoms with E-state index in [1.165, 1.54) is 29.9 Å². The number of amides is 1. The van der Waals surface area contributed by atoms with E-state index in [2.05, 4.69) is 47.7 Å². The average Bonchev–Trinajstić information content (AvgIpc) is 3.70. The van der Waals surface area contributed by atoms with Crippen LogP contribution < -0.4 is 10.6 Å². The molecule has 2 fully saturated rings. The van der Waals surface area contributed by atoms with E-state index in [0.29, 0.717) is 22.6 Å². The number of rotatable bonds is 7. The zero-order valence-corrected chi connectivity index (χ0v) is 18.7. The molecule has 2 N–H and O–H groups in total. The summed E-state index contributed by atoms with van der Waals surface area (Å²) in [5.41, 5.74) is 4.35. The van der Waals surface area contributed by atoms with Gasteiger partial charge in [0.05, 0.1) is 12.2 Å². The van der Waals surface area contributed by atoms with Crippen molar-refractivity contribution < 1.29 is 4.79 Å². The number of carbonyl (C=O) groups is 1. The lowest BCUT2D eigenvalue weighted by molar-refractivity contribution is -0.117. The highest BCUT2D eigenvalue weighted by molar-refractivity contribution is 7.09. The highest BCUT2D eigenvalue weighted by atomic mass is 35.5. The molecule has 1 amide bonds. The van der Waals surface area contributed by atoms with E-state index in [0.717, 1.165) is 29.2 Å². The van der Waals surface area contributed by atoms with Crippen LogP contribution in [0.2, 0.25) is 5.02 Å². The van der Waals surface area contributed by atoms with Crippen LogP contribution in [0, 0.1) is 5.92 Å². The molecule has 0 radical (unpaired) electrons. The SMILES string of the molecule is O=C(Nc1nsc(NCc2cn3cc(C4CC4)ccc3n2)n1)[C@H]1CC1c1cccc(Cl)c1. The number of aromatic nitrogens is 4. The maximum Gasteiger partial charge on any atom is 0.243 e. The molecule has 1 unspecified atom stereocenters. The van der Waals surface area contributed by atoms with Gasteiger partial charge in [0.1, 0.15) is 5.65 Å². The van der Waals surface area contributed by atoms with Gasteiger partial charge in [-0.05, 0) is 60.4 Å². The quantitative estimate of drug-likeness (QED) is 0.399. The summed E-state index contributed by atoms with van der Waals surface area (Å²) in [6.45, 7) is 0.544. The maximum absolute atomic E-state index is 12.6. The molecule has 162 valence electrons. The van der Waals surface area contributed by atoms with Crippen molar-refractivity contribution in [2.24, 2.45) is 5.92 Å². The fourth-order valence-electron chi connectivity index (χ4n) is 4.11. The second-order valence-electron chi connectivity index (χ2n) is 8.50. The standard InChI is InChI=1S/C23H21ClN6OS/c24-16-3-1-2-14(8-16)18-9-19(18)21(31)27-22-28-23(32-29-22)25-10-17-12-30-11-15(13-4-5-13)6-7-20(30)26-17/h1-3,6-8,11-13,18-19H,4-5,9-10H2,(H2,25,27,28,29,31)/t18?,19-/m0/s1. The number of nitrogens with one attached hydrogen (secondary N) is 2. The lowest BCUT2D eigenvalue weighted by Gasteiger charge is -2.02. The molecule has 3 heterocycles. The Kier molecular flexibility index (Phi) is 4.84. The van der Waals surface area contributed by atoms with Crippen molar-refractivity contribution in [1.29, 1.82) is 0 Å². The molecular weight excluding hydrogens is 444 g/mol. The fraction of sp³-hybridized carbons (Fsp3) is 0.304. The van der Waals surface area contributed by atoms with Gasteiger partial charge in [-0.15, -0.1) is 0 Å². The van der Waals surface area contributed by atoms with E-state index in [4.69, 9.17) is 11.6 Å². The Bertz CT molecular complexity index is 1310. The van der Waals surface area contributed by atoms with Crippen molar-refractivity contribution in [3.05, 3.63) is 70.6 Å². The number of carbonyl (C=O) groups excluding carboxylic acids is 1. The van der Waals surface area contributed by atoms with E-state index in [1.807, 2.05) is 30.5 Å². The third kappa shape index (κ3) is 4.08. The summed E-state index contributed by atoms with van der Waals surface area (Å²) < 4.78 is 6.35. The van der Waals surface area contributed by atoms with Crippen LogP contribution in [0.3, 0.4) is 0 Å². The van der Waals surface area contributed by atoms with Gasteiger partial charge < -0.3 is 9.72 Å². The summed E-state index contributed by atoms with van der Waals surface area (Å²) >= 11 is 7.29. The molecule has 2 atom stereocenters. The van der Waals surface area contributed by atoms with Gasteiger partial charge in [0.15, 0.2) is 0 Å². The van der Waals surface area contributed by atoms with Crippen LogP contribution in [-0.2, 0) is 11.3 Å². The van der Waals surface area contributed by atoms with Crippen LogP contribution in [0.1, 0.15) is 47.9 Å². The van der Waals surface area contributed by atoms with Gasteiger partial charge in [0.2, 0.25) is 17.0 Å². The fourth-order valence-corrected chi connectivity index (χ4v) is 4.83. The van der Waals surface area contributed by atoms with E-state index < -0.39 is 0 Å². The number of hydrogen-bond acceptors (Lipinski definition) is 6. The van der Waals surface area contributed by atoms with Crippen LogP contribution in [0.5, 0.6) is 0 Å². The van der Waals surface area contributed by atoms with Gasteiger partial charge in [-0.3, -0.25) is 10.1 Å². The molecule has 2 aliphatic carbocycles. The Labute approximate surface area is 194 Å². The number of pyridine rings is 1. The molecule has 2 aliphatic rings. The Morgan fingerprint density at radius 3 is 2.91 bits per heavy atom. The first kappa shape index (κ1) is 19.7. The van der Waals surface area contributed by atoms with Crippen LogP contribution in [0.4, 0.5) is 11.1 Å². The van der Waals surface area contributed by atoms with Crippen LogP contribution in [-0.4, -0.2) is 24.6 Å². The minimum atomic E-state index is -0.0631. The summed E-state index contributed by atoms with van der Waals surface area (Å²) in [6, 6.07) is 11.9. The van der Waals surface area contributed by atoms with Crippen molar-refractivity contribution in [2.75, 3.05) is 10.6 Å². The largest absolute Gasteiger partial charge is 0.355 e. The summed E-state index contributed by atoms with van der Waals surface area (Å²) in [7, 11) is 0. The highest BCUT2D eigenvalue weighted by Gasteiger charge is 2.44. The van der Waals surface area contributed by atoms with Crippen molar-refractivity contribution >= 4 is 45.8 Å². The summed E-state index contributed by atoms with van der Waals surface area (Å²) in [4.78, 5) is 21.6. The highest BCUT2D eigenvalue weighted by Crippen LogP contribution is 2.48. The van der Waals surface area contributed by atoms with Crippen molar-refractivity contribution in [2.45, 2.75) is 37.6 Å². The zero-order valence-electron chi connectivity index (χ0n) is 17.2. The number of imidazole rings is 1. The minimum Gasteiger partial charge on any atom is -0.355 e. The van der Waals surface area contributed by atoms with E-state index in [1.54, 1.807) is 0 Å². The molecule has 0 aliphatic heterocycles. The molecular formula is C23H21ClN6OS. The topological polar surface area (TPSA) is 84.2 Å². The van der Waals surface area contributed by atoms with Gasteiger partial charge in [-0.25, -0.2) is 4.98 Å². The molecule has 0 spiro atoms. The molecule has 7 nitrogen and oxygen atoms in total. The first-order chi connectivity index (χ1) is 15.6. The number of benzene rings is 1. The van der Waals surface area contributed by atoms with Gasteiger partial charge in [0.25, 0.3) is 0 Å². The number of fused-ring (bicyclic) bond motifs is 1. The molecule has 6 rings (SSSR count). The van der Waals surface area contributed by atoms with E-state index in [-0.39, 0.29) is 17.7 Å². The molecule has 32 heavy (non-hydrogen) atoms. The second kappa shape index (κ2) is 7.86. The molecule has 9 heteroatoms. The van der Waals surface area contributed by atoms with E-state index in [9.17, 15) is 4.79 Å². The number of hydrogen-bond donors (Lipinski definition) is 2. The first-order valence-electron chi connectivity index (χ1n) is 10.7. The summed E-state index contributed by atoms with van der Waals surface area (Å²) in [5, 5.41) is 7.44. The van der Waals surface area contributed by atoms with Crippen LogP contribution >= 0.6 is 23.1 Å². The molecule has 4 aromatic rings. The molecule has 3 aromatic heterocycles. The van der Waals surface area contributed by atoms with Gasteiger partial charge in [0, 0.05) is 34.9 Å². The summed E-state index contributed by atoms with van der Waals surface area (Å²) in [6.07, 6.45) is 7.61. The van der Waals surface area contributed by atoms with E-state index >= 15 is 0 Å². The van der Waals surface area contributed by atoms with Crippen molar-refractivity contribution in [1.82, 2.24) is 18.7 Å². The number of halogens is 1. The van der Waals surface area contributed by atoms with Crippen molar-refractivity contribution in [3.8, 4) is 0 Å². The van der Waals surface area contributed by atoms with Gasteiger partial charge >= 0.3 is 0 Å². The first-order valence-corrected chi connectivity index (χ1v) is 11.9. The predicted octanol–water partition coefficient (Wildman–Crippen LogP) is 5.07. The van der Waals surface area contributed by atoms with Gasteiger partial charge in [-0.2, -0.15) is 9.36 Å². The van der Waals surface area contributed by atoms with Crippen LogP contribution in [0.25, 0.3) is 5.65 Å². The van der Waals surface area contributed by atoms with Gasteiger partial charge in [-0.1, -0.05) is 29.8 Å². The summed E-state index contributed by atoms with van der Waals surface area (Å²) in [5.74, 6) is 1.15. The zero-order chi connectivity index (χ0) is 21.7. The smallest absolute Gasteiger partial charge is 0.243 e. The number of anilines is 2. The third-order valence-corrected chi connectivity index (χ3v) is 6.97. The molecule has 0 saturated heterocycles. The minimum absolute atomic E-state index is 0.0499. The second-order valence-corrected chi connectivity index (χ2v) is 9.69. The van der Waals surface area contributed by atoms with Crippen molar-refractivity contribution in [3.63, 3.8) is 0 Å². The Balaban J connectivity index is 1.05. The Morgan fingerprint density at radius 2 is 2.06 bits per heavy atom.